The molecular weight excluding hydrogens is 1000 g/mol. The first-order chi connectivity index (χ1) is 39.6. The molecule has 13 N–H and O–H groups in total. The van der Waals surface area contributed by atoms with Crippen LogP contribution in [0.4, 0.5) is 102 Å². The van der Waals surface area contributed by atoms with Gasteiger partial charge in [0.1, 0.15) is 0 Å². The van der Waals surface area contributed by atoms with Crippen molar-refractivity contribution in [1.29, 1.82) is 0 Å². The van der Waals surface area contributed by atoms with Crippen molar-refractivity contribution in [2.45, 2.75) is 0 Å². The van der Waals surface area contributed by atoms with E-state index < -0.39 is 0 Å². The highest BCUT2D eigenvalue weighted by Crippen LogP contribution is 2.52. The molecule has 0 unspecified atom stereocenters. The van der Waals surface area contributed by atoms with Gasteiger partial charge in [-0.2, -0.15) is 0 Å². The molecule has 0 amide bonds. The molecule has 14 nitrogen and oxygen atoms in total. The monoisotopic (exact) mass is 1060 g/mol. The first-order valence-corrected chi connectivity index (χ1v) is 26.6. The molecule has 0 radical (unpaired) electrons. The topological polar surface area (TPSA) is 186 Å². The van der Waals surface area contributed by atoms with Gasteiger partial charge in [-0.25, -0.2) is 11.7 Å². The summed E-state index contributed by atoms with van der Waals surface area (Å²) in [5.41, 5.74) is 42.1. The molecule has 0 atom stereocenters. The van der Waals surface area contributed by atoms with Crippen LogP contribution in [0.5, 0.6) is 0 Å². The highest BCUT2D eigenvalue weighted by atomic mass is 15.4. The number of fused-ring (bicyclic) bond motifs is 6. The maximum atomic E-state index is 7.00. The van der Waals surface area contributed by atoms with E-state index in [0.717, 1.165) is 102 Å². The van der Waals surface area contributed by atoms with Crippen molar-refractivity contribution in [3.05, 3.63) is 272 Å². The fourth-order valence-electron chi connectivity index (χ4n) is 10.8. The van der Waals surface area contributed by atoms with Crippen molar-refractivity contribution in [3.63, 3.8) is 0 Å². The molecule has 396 valence electrons. The highest BCUT2D eigenvalue weighted by Gasteiger charge is 2.28. The lowest BCUT2D eigenvalue weighted by Crippen LogP contribution is -2.26. The highest BCUT2D eigenvalue weighted by molar-refractivity contribution is 6.00. The molecule has 13 rings (SSSR count). The molecule has 14 heteroatoms. The number of hydrogen-bond acceptors (Lipinski definition) is 14. The molecule has 3 aliphatic rings. The third-order valence-corrected chi connectivity index (χ3v) is 14.9. The van der Waals surface area contributed by atoms with Gasteiger partial charge in [-0.3, -0.25) is 10.0 Å². The van der Waals surface area contributed by atoms with E-state index in [1.807, 2.05) is 127 Å². The second-order valence-electron chi connectivity index (χ2n) is 20.0. The smallest absolute Gasteiger partial charge is 0.0699 e. The second-order valence-corrected chi connectivity index (χ2v) is 20.0. The van der Waals surface area contributed by atoms with Gasteiger partial charge in [-0.05, 0) is 164 Å². The number of anilines is 18. The Labute approximate surface area is 470 Å². The van der Waals surface area contributed by atoms with Crippen LogP contribution in [0.3, 0.4) is 0 Å². The minimum atomic E-state index is 0.377. The van der Waals surface area contributed by atoms with E-state index >= 15 is 0 Å². The summed E-state index contributed by atoms with van der Waals surface area (Å²) < 4.78 is 0. The molecule has 0 aliphatic carbocycles. The summed E-state index contributed by atoms with van der Waals surface area (Å²) in [6, 6.07) is 80.0. The van der Waals surface area contributed by atoms with Gasteiger partial charge in [0.25, 0.3) is 0 Å². The summed E-state index contributed by atoms with van der Waals surface area (Å²) in [6.45, 7) is 0. The molecular formula is C67H58N14. The molecule has 10 aromatic carbocycles. The zero-order chi connectivity index (χ0) is 55.1. The van der Waals surface area contributed by atoms with Crippen LogP contribution < -0.4 is 74.5 Å². The zero-order valence-corrected chi connectivity index (χ0v) is 44.3. The summed E-state index contributed by atoms with van der Waals surface area (Å²) >= 11 is 0. The van der Waals surface area contributed by atoms with Gasteiger partial charge in [0.05, 0.1) is 96.7 Å². The number of hydrazine groups is 2. The number of nitrogens with one attached hydrogen (secondary N) is 3. The number of nitrogens with two attached hydrogens (primary N) is 5. The van der Waals surface area contributed by atoms with Crippen LogP contribution >= 0.6 is 0 Å². The van der Waals surface area contributed by atoms with E-state index in [9.17, 15) is 0 Å². The van der Waals surface area contributed by atoms with Gasteiger partial charge in [0.15, 0.2) is 0 Å². The average molecular weight is 1060 g/mol. The number of nitrogens with zero attached hydrogens (tertiary/aromatic N) is 6. The molecule has 3 heterocycles. The minimum Gasteiger partial charge on any atom is -0.397 e. The lowest BCUT2D eigenvalue weighted by molar-refractivity contribution is 1.07. The predicted octanol–water partition coefficient (Wildman–Crippen LogP) is 14.9. The second kappa shape index (κ2) is 20.7. The molecule has 3 aliphatic heterocycles. The van der Waals surface area contributed by atoms with Crippen LogP contribution in [-0.2, 0) is 0 Å². The maximum absolute atomic E-state index is 7.00. The summed E-state index contributed by atoms with van der Waals surface area (Å²) in [5, 5.41) is 13.6. The van der Waals surface area contributed by atoms with Crippen LogP contribution in [0.25, 0.3) is 17.1 Å². The van der Waals surface area contributed by atoms with Gasteiger partial charge in [-0.1, -0.05) is 72.8 Å². The van der Waals surface area contributed by atoms with Crippen molar-refractivity contribution in [2.75, 3.05) is 52.6 Å². The molecule has 81 heavy (non-hydrogen) atoms. The molecule has 0 aromatic heterocycles. The number of rotatable bonds is 12. The Balaban J connectivity index is 0.796. The Morgan fingerprint density at radius 2 is 0.667 bits per heavy atom. The van der Waals surface area contributed by atoms with Gasteiger partial charge in [-0.15, -0.1) is 0 Å². The predicted molar refractivity (Wildman–Crippen MR) is 338 cm³/mol. The van der Waals surface area contributed by atoms with Gasteiger partial charge >= 0.3 is 0 Å². The largest absolute Gasteiger partial charge is 0.397 e. The van der Waals surface area contributed by atoms with E-state index in [0.29, 0.717) is 33.8 Å². The zero-order valence-electron chi connectivity index (χ0n) is 44.3. The molecule has 0 spiro atoms. The Morgan fingerprint density at radius 1 is 0.370 bits per heavy atom. The lowest BCUT2D eigenvalue weighted by Gasteiger charge is -2.38. The first-order valence-electron chi connectivity index (χ1n) is 26.6. The van der Waals surface area contributed by atoms with Crippen LogP contribution in [0.1, 0.15) is 16.7 Å². The molecule has 0 saturated heterocycles. The Bertz CT molecular complexity index is 3780. The van der Waals surface area contributed by atoms with E-state index in [-0.39, 0.29) is 0 Å². The fourth-order valence-corrected chi connectivity index (χ4v) is 10.8. The van der Waals surface area contributed by atoms with E-state index in [4.69, 9.17) is 28.9 Å². The normalized spacial score (nSPS) is 13.3. The van der Waals surface area contributed by atoms with E-state index in [1.54, 1.807) is 18.6 Å². The van der Waals surface area contributed by atoms with Crippen molar-refractivity contribution in [3.8, 4) is 0 Å². The van der Waals surface area contributed by atoms with Crippen LogP contribution in [0.2, 0.25) is 0 Å². The standard InChI is InChI=1S/C67H58N14/c1-76-64-22-10-12-24-66(64)81(67-25-13-11-23-65(67)76)50-28-26-47(27-29-50)73-41-53(68)44-38-45(54(69)42-77(71)48-30-34-51(35-31-48)79-60-18-6-2-14-56(60)74-57-15-3-7-19-61(57)79)40-46(39-44)55(70)43-78(72)49-32-36-52(37-33-49)80-62-20-8-4-16-58(62)75-59-17-5-9-21-63(59)80/h2-43,73-75H,68-72H2,1H3/b53-41-,54-42-,55-43-. The number of benzene rings is 10. The summed E-state index contributed by atoms with van der Waals surface area (Å²) in [5.74, 6) is 13.6. The minimum absolute atomic E-state index is 0.377. The molecule has 10 aromatic rings. The average Bonchev–Trinajstić information content (AvgIpc) is 3.71. The molecule has 0 fully saturated rings. The Hall–Kier alpha value is -11.1. The molecule has 0 bridgehead atoms. The summed E-state index contributed by atoms with van der Waals surface area (Å²) in [7, 11) is 2.10. The van der Waals surface area contributed by atoms with Crippen molar-refractivity contribution >= 4 is 119 Å². The summed E-state index contributed by atoms with van der Waals surface area (Å²) in [4.78, 5) is 8.99. The van der Waals surface area contributed by atoms with E-state index in [1.165, 1.54) is 10.0 Å². The van der Waals surface area contributed by atoms with Crippen molar-refractivity contribution in [1.82, 2.24) is 0 Å². The SMILES string of the molecule is CN1c2ccccc2N(c2ccc(N/C=C(\N)c3cc(/C(N)=C/N(N)c4ccc(N5c6ccccc6Nc6ccccc65)cc4)cc(/C(N)=C/N(N)c4ccc(N5c6ccccc6Nc6ccccc65)cc4)c3)cc2)c2ccccc21. The third-order valence-electron chi connectivity index (χ3n) is 14.9. The fraction of sp³-hybridized carbons (Fsp3) is 0.0149. The Morgan fingerprint density at radius 3 is 1.04 bits per heavy atom. The van der Waals surface area contributed by atoms with Gasteiger partial charge < -0.3 is 52.8 Å². The maximum Gasteiger partial charge on any atom is 0.0699 e. The quantitative estimate of drug-likeness (QED) is 0.0427. The number of para-hydroxylation sites is 12. The Kier molecular flexibility index (Phi) is 12.7. The van der Waals surface area contributed by atoms with Crippen molar-refractivity contribution in [2.24, 2.45) is 28.9 Å². The lowest BCUT2D eigenvalue weighted by atomic mass is 10.0. The van der Waals surface area contributed by atoms with E-state index in [2.05, 4.69) is 152 Å². The molecule has 0 saturated carbocycles. The van der Waals surface area contributed by atoms with Crippen LogP contribution in [-0.4, -0.2) is 7.05 Å². The number of hydrogen-bond donors (Lipinski definition) is 8. The van der Waals surface area contributed by atoms with Crippen LogP contribution in [0, 0.1) is 0 Å². The van der Waals surface area contributed by atoms with Crippen LogP contribution in [0.15, 0.2) is 255 Å². The van der Waals surface area contributed by atoms with Gasteiger partial charge in [0.2, 0.25) is 0 Å². The summed E-state index contributed by atoms with van der Waals surface area (Å²) in [6.07, 6.45) is 5.16. The first kappa shape index (κ1) is 49.5. The van der Waals surface area contributed by atoms with Gasteiger partial charge in [0, 0.05) is 65.1 Å². The third kappa shape index (κ3) is 9.33. The van der Waals surface area contributed by atoms with Crippen molar-refractivity contribution < 1.29 is 0 Å².